The lowest BCUT2D eigenvalue weighted by Gasteiger charge is -2.22. The average molecular weight is 276 g/mol. The number of fused-ring (bicyclic) bond motifs is 1. The third-order valence-corrected chi connectivity index (χ3v) is 4.70. The highest BCUT2D eigenvalue weighted by atomic mass is 32.2. The first kappa shape index (κ1) is 14.2. The lowest BCUT2D eigenvalue weighted by atomic mass is 10.0. The van der Waals surface area contributed by atoms with Crippen molar-refractivity contribution in [1.29, 1.82) is 0 Å². The van der Waals surface area contributed by atoms with Gasteiger partial charge in [-0.15, -0.1) is 0 Å². The molecule has 0 spiro atoms. The van der Waals surface area contributed by atoms with Gasteiger partial charge in [0.1, 0.15) is 0 Å². The van der Waals surface area contributed by atoms with Crippen LogP contribution in [0, 0.1) is 0 Å². The van der Waals surface area contributed by atoms with E-state index in [1.165, 1.54) is 0 Å². The molecule has 1 aromatic carbocycles. The van der Waals surface area contributed by atoms with Crippen molar-refractivity contribution in [2.75, 3.05) is 0 Å². The quantitative estimate of drug-likeness (QED) is 0.934. The van der Waals surface area contributed by atoms with Crippen LogP contribution in [0.1, 0.15) is 39.3 Å². The minimum Gasteiger partial charge on any atom is -0.264 e. The molecule has 0 saturated heterocycles. The molecule has 0 aliphatic rings. The Morgan fingerprint density at radius 1 is 1.26 bits per heavy atom. The minimum atomic E-state index is -1.08. The standard InChI is InChI=1S/C15H20N2OS/c1-11(17-19(18)15(2,3)4)13-7-5-6-12-8-9-16-10-14(12)13/h5-11,17H,1-4H3/t11-,19-/m0/s1. The number of hydrogen-bond donors (Lipinski definition) is 1. The zero-order valence-corrected chi connectivity index (χ0v) is 12.6. The Morgan fingerprint density at radius 3 is 2.68 bits per heavy atom. The molecule has 2 rings (SSSR count). The SMILES string of the molecule is C[C@H](N[S@@](=O)C(C)(C)C)c1cccc2ccncc12. The number of benzene rings is 1. The molecule has 0 saturated carbocycles. The molecule has 4 heteroatoms. The maximum Gasteiger partial charge on any atom is 0.0975 e. The predicted octanol–water partition coefficient (Wildman–Crippen LogP) is 3.35. The van der Waals surface area contributed by atoms with Gasteiger partial charge in [0.2, 0.25) is 0 Å². The second-order valence-corrected chi connectivity index (χ2v) is 7.66. The lowest BCUT2D eigenvalue weighted by molar-refractivity contribution is 0.617. The van der Waals surface area contributed by atoms with Crippen LogP contribution in [-0.2, 0) is 11.0 Å². The van der Waals surface area contributed by atoms with Gasteiger partial charge in [-0.25, -0.2) is 8.93 Å². The Bertz CT molecular complexity index is 599. The molecule has 2 atom stereocenters. The van der Waals surface area contributed by atoms with Crippen molar-refractivity contribution in [2.45, 2.75) is 38.5 Å². The fourth-order valence-corrected chi connectivity index (χ4v) is 2.72. The van der Waals surface area contributed by atoms with Crippen molar-refractivity contribution in [3.05, 3.63) is 42.2 Å². The second-order valence-electron chi connectivity index (χ2n) is 5.66. The molecule has 0 fully saturated rings. The maximum absolute atomic E-state index is 12.2. The average Bonchev–Trinajstić information content (AvgIpc) is 2.36. The Kier molecular flexibility index (Phi) is 4.02. The van der Waals surface area contributed by atoms with E-state index in [1.54, 1.807) is 6.20 Å². The van der Waals surface area contributed by atoms with Crippen molar-refractivity contribution in [3.63, 3.8) is 0 Å². The molecule has 19 heavy (non-hydrogen) atoms. The monoisotopic (exact) mass is 276 g/mol. The highest BCUT2D eigenvalue weighted by Crippen LogP contribution is 2.24. The third kappa shape index (κ3) is 3.19. The van der Waals surface area contributed by atoms with E-state index in [4.69, 9.17) is 0 Å². The first-order valence-corrected chi connectivity index (χ1v) is 7.55. The normalized spacial score (nSPS) is 15.4. The Balaban J connectivity index is 2.32. The topological polar surface area (TPSA) is 42.0 Å². The smallest absolute Gasteiger partial charge is 0.0975 e. The van der Waals surface area contributed by atoms with Gasteiger partial charge in [-0.05, 0) is 44.7 Å². The first-order chi connectivity index (χ1) is 8.89. The van der Waals surface area contributed by atoms with E-state index in [0.717, 1.165) is 16.3 Å². The van der Waals surface area contributed by atoms with Crippen LogP contribution < -0.4 is 4.72 Å². The summed E-state index contributed by atoms with van der Waals surface area (Å²) in [5.41, 5.74) is 1.13. The van der Waals surface area contributed by atoms with E-state index in [1.807, 2.05) is 46.0 Å². The molecular weight excluding hydrogens is 256 g/mol. The summed E-state index contributed by atoms with van der Waals surface area (Å²) in [6.45, 7) is 7.93. The lowest BCUT2D eigenvalue weighted by Crippen LogP contribution is -2.34. The van der Waals surface area contributed by atoms with E-state index in [0.29, 0.717) is 0 Å². The van der Waals surface area contributed by atoms with E-state index in [-0.39, 0.29) is 10.8 Å². The molecule has 0 bridgehead atoms. The Hall–Kier alpha value is -1.26. The van der Waals surface area contributed by atoms with Gasteiger partial charge in [-0.2, -0.15) is 0 Å². The van der Waals surface area contributed by atoms with E-state index < -0.39 is 11.0 Å². The van der Waals surface area contributed by atoms with Crippen LogP contribution in [0.15, 0.2) is 36.7 Å². The molecule has 0 aliphatic heterocycles. The molecule has 0 amide bonds. The van der Waals surface area contributed by atoms with Gasteiger partial charge in [0, 0.05) is 23.8 Å². The zero-order chi connectivity index (χ0) is 14.0. The molecule has 1 heterocycles. The van der Waals surface area contributed by atoms with Crippen LogP contribution in [0.25, 0.3) is 10.8 Å². The third-order valence-electron chi connectivity index (χ3n) is 3.02. The fraction of sp³-hybridized carbons (Fsp3) is 0.400. The number of pyridine rings is 1. The van der Waals surface area contributed by atoms with Crippen LogP contribution in [0.4, 0.5) is 0 Å². The molecular formula is C15H20N2OS. The number of nitrogens with one attached hydrogen (secondary N) is 1. The Morgan fingerprint density at radius 2 is 2.00 bits per heavy atom. The molecule has 0 aliphatic carbocycles. The summed E-state index contributed by atoms with van der Waals surface area (Å²) in [4.78, 5) is 4.18. The van der Waals surface area contributed by atoms with E-state index in [9.17, 15) is 4.21 Å². The Labute approximate surface area is 117 Å². The fourth-order valence-electron chi connectivity index (χ4n) is 1.92. The van der Waals surface area contributed by atoms with Gasteiger partial charge in [0.15, 0.2) is 0 Å². The summed E-state index contributed by atoms with van der Waals surface area (Å²) in [6.07, 6.45) is 3.65. The largest absolute Gasteiger partial charge is 0.264 e. The van der Waals surface area contributed by atoms with E-state index >= 15 is 0 Å². The van der Waals surface area contributed by atoms with Crippen molar-refractivity contribution in [2.24, 2.45) is 0 Å². The minimum absolute atomic E-state index is 0.0213. The van der Waals surface area contributed by atoms with Gasteiger partial charge in [-0.3, -0.25) is 4.98 Å². The van der Waals surface area contributed by atoms with Gasteiger partial charge in [-0.1, -0.05) is 18.2 Å². The van der Waals surface area contributed by atoms with Crippen LogP contribution in [0.2, 0.25) is 0 Å². The predicted molar refractivity (Wildman–Crippen MR) is 81.2 cm³/mol. The van der Waals surface area contributed by atoms with E-state index in [2.05, 4.69) is 21.8 Å². The van der Waals surface area contributed by atoms with Crippen LogP contribution >= 0.6 is 0 Å². The van der Waals surface area contributed by atoms with Crippen molar-refractivity contribution >= 4 is 21.8 Å². The molecule has 1 aromatic heterocycles. The molecule has 0 radical (unpaired) electrons. The molecule has 1 N–H and O–H groups in total. The highest BCUT2D eigenvalue weighted by Gasteiger charge is 2.22. The zero-order valence-electron chi connectivity index (χ0n) is 11.8. The number of aromatic nitrogens is 1. The van der Waals surface area contributed by atoms with Gasteiger partial charge < -0.3 is 0 Å². The summed E-state index contributed by atoms with van der Waals surface area (Å²) in [7, 11) is -1.08. The summed E-state index contributed by atoms with van der Waals surface area (Å²) >= 11 is 0. The van der Waals surface area contributed by atoms with Crippen molar-refractivity contribution < 1.29 is 4.21 Å². The van der Waals surface area contributed by atoms with Crippen molar-refractivity contribution in [3.8, 4) is 0 Å². The molecule has 102 valence electrons. The highest BCUT2D eigenvalue weighted by molar-refractivity contribution is 7.84. The van der Waals surface area contributed by atoms with Crippen molar-refractivity contribution in [1.82, 2.24) is 9.71 Å². The van der Waals surface area contributed by atoms with Gasteiger partial charge in [0.25, 0.3) is 0 Å². The van der Waals surface area contributed by atoms with Gasteiger partial charge in [0.05, 0.1) is 15.7 Å². The summed E-state index contributed by atoms with van der Waals surface area (Å²) in [5.74, 6) is 0. The number of nitrogens with zero attached hydrogens (tertiary/aromatic N) is 1. The summed E-state index contributed by atoms with van der Waals surface area (Å²) < 4.78 is 15.1. The second kappa shape index (κ2) is 5.39. The van der Waals surface area contributed by atoms with Crippen LogP contribution in [0.5, 0.6) is 0 Å². The molecule has 2 aromatic rings. The number of hydrogen-bond acceptors (Lipinski definition) is 2. The van der Waals surface area contributed by atoms with Crippen LogP contribution in [0.3, 0.4) is 0 Å². The first-order valence-electron chi connectivity index (χ1n) is 6.40. The van der Waals surface area contributed by atoms with Gasteiger partial charge >= 0.3 is 0 Å². The molecule has 3 nitrogen and oxygen atoms in total. The summed E-state index contributed by atoms with van der Waals surface area (Å²) in [6, 6.07) is 8.16. The summed E-state index contributed by atoms with van der Waals surface area (Å²) in [5, 5.41) is 2.26. The maximum atomic E-state index is 12.2. The number of rotatable bonds is 3. The molecule has 0 unspecified atom stereocenters. The van der Waals surface area contributed by atoms with Crippen LogP contribution in [-0.4, -0.2) is 13.9 Å².